The van der Waals surface area contributed by atoms with E-state index in [1.54, 1.807) is 6.92 Å². The Kier molecular flexibility index (Phi) is 5.89. The molecule has 8 heteroatoms. The zero-order chi connectivity index (χ0) is 16.0. The number of nitrogens with zero attached hydrogens (tertiary/aromatic N) is 1. The first kappa shape index (κ1) is 16.7. The fourth-order valence-corrected chi connectivity index (χ4v) is 1.75. The van der Waals surface area contributed by atoms with Crippen LogP contribution in [0.4, 0.5) is 15.8 Å². The number of nitro benzene ring substituents is 1. The Bertz CT molecular complexity index is 536. The fraction of sp³-hybridized carbons (Fsp3) is 0.462. The first-order valence-corrected chi connectivity index (χ1v) is 6.35. The standard InChI is InChI=1S/C13H17FN2O5/c1-8(13(17)18)4-3-5-15-10-7-12(21-2)9(14)6-11(10)16(19)20/h6-8,15H,3-5H2,1-2H3,(H,17,18). The van der Waals surface area contributed by atoms with Crippen molar-refractivity contribution in [2.75, 3.05) is 19.0 Å². The molecule has 0 aliphatic rings. The summed E-state index contributed by atoms with van der Waals surface area (Å²) in [7, 11) is 1.27. The maximum absolute atomic E-state index is 13.5. The van der Waals surface area contributed by atoms with Crippen molar-refractivity contribution >= 4 is 17.3 Å². The second kappa shape index (κ2) is 7.41. The van der Waals surface area contributed by atoms with E-state index in [4.69, 9.17) is 9.84 Å². The van der Waals surface area contributed by atoms with E-state index in [1.807, 2.05) is 0 Å². The molecule has 1 rings (SSSR count). The van der Waals surface area contributed by atoms with Gasteiger partial charge in [-0.15, -0.1) is 0 Å². The number of benzene rings is 1. The molecule has 0 aliphatic carbocycles. The van der Waals surface area contributed by atoms with Crippen LogP contribution in [0.5, 0.6) is 5.75 Å². The first-order valence-electron chi connectivity index (χ1n) is 6.35. The van der Waals surface area contributed by atoms with Crippen LogP contribution in [-0.2, 0) is 4.79 Å². The number of anilines is 1. The second-order valence-corrected chi connectivity index (χ2v) is 4.57. The number of hydrogen-bond acceptors (Lipinski definition) is 5. The normalized spacial score (nSPS) is 11.8. The number of aliphatic carboxylic acids is 1. The predicted octanol–water partition coefficient (Wildman–Crippen LogP) is 2.66. The van der Waals surface area contributed by atoms with Gasteiger partial charge in [0.05, 0.1) is 24.0 Å². The summed E-state index contributed by atoms with van der Waals surface area (Å²) in [6.07, 6.45) is 0.957. The van der Waals surface area contributed by atoms with Gasteiger partial charge in [-0.05, 0) is 12.8 Å². The third-order valence-corrected chi connectivity index (χ3v) is 3.02. The molecule has 0 saturated heterocycles. The quantitative estimate of drug-likeness (QED) is 0.435. The van der Waals surface area contributed by atoms with E-state index in [0.29, 0.717) is 19.4 Å². The third-order valence-electron chi connectivity index (χ3n) is 3.02. The van der Waals surface area contributed by atoms with Crippen molar-refractivity contribution in [3.63, 3.8) is 0 Å². The SMILES string of the molecule is COc1cc(NCCCC(C)C(=O)O)c([N+](=O)[O-])cc1F. The molecule has 116 valence electrons. The van der Waals surface area contributed by atoms with Gasteiger partial charge in [0.2, 0.25) is 0 Å². The highest BCUT2D eigenvalue weighted by atomic mass is 19.1. The van der Waals surface area contributed by atoms with Crippen molar-refractivity contribution in [1.29, 1.82) is 0 Å². The Labute approximate surface area is 120 Å². The summed E-state index contributed by atoms with van der Waals surface area (Å²) in [6.45, 7) is 1.93. The maximum atomic E-state index is 13.5. The molecule has 0 bridgehead atoms. The third kappa shape index (κ3) is 4.59. The zero-order valence-electron chi connectivity index (χ0n) is 11.8. The van der Waals surface area contributed by atoms with E-state index in [2.05, 4.69) is 5.32 Å². The van der Waals surface area contributed by atoms with Gasteiger partial charge < -0.3 is 15.2 Å². The maximum Gasteiger partial charge on any atom is 0.306 e. The Hall–Kier alpha value is -2.38. The lowest BCUT2D eigenvalue weighted by Gasteiger charge is -2.10. The summed E-state index contributed by atoms with van der Waals surface area (Å²) in [4.78, 5) is 20.9. The molecule has 0 fully saturated rings. The van der Waals surface area contributed by atoms with Crippen LogP contribution in [0.15, 0.2) is 12.1 Å². The summed E-state index contributed by atoms with van der Waals surface area (Å²) < 4.78 is 18.2. The van der Waals surface area contributed by atoms with E-state index >= 15 is 0 Å². The average Bonchev–Trinajstić information content (AvgIpc) is 2.43. The van der Waals surface area contributed by atoms with Crippen molar-refractivity contribution in [2.45, 2.75) is 19.8 Å². The molecule has 0 aromatic heterocycles. The highest BCUT2D eigenvalue weighted by molar-refractivity contribution is 5.69. The van der Waals surface area contributed by atoms with Crippen LogP contribution in [0.3, 0.4) is 0 Å². The number of rotatable bonds is 8. The fourth-order valence-electron chi connectivity index (χ4n) is 1.75. The van der Waals surface area contributed by atoms with Crippen molar-refractivity contribution < 1.29 is 24.0 Å². The van der Waals surface area contributed by atoms with Gasteiger partial charge >= 0.3 is 5.97 Å². The first-order chi connectivity index (χ1) is 9.86. The molecule has 0 spiro atoms. The molecule has 1 aromatic carbocycles. The number of carbonyl (C=O) groups is 1. The van der Waals surface area contributed by atoms with Gasteiger partial charge in [0.15, 0.2) is 11.6 Å². The molecule has 0 heterocycles. The molecule has 7 nitrogen and oxygen atoms in total. The van der Waals surface area contributed by atoms with Crippen LogP contribution < -0.4 is 10.1 Å². The smallest absolute Gasteiger partial charge is 0.306 e. The Balaban J connectivity index is 2.73. The average molecular weight is 300 g/mol. The lowest BCUT2D eigenvalue weighted by atomic mass is 10.1. The highest BCUT2D eigenvalue weighted by Crippen LogP contribution is 2.31. The Morgan fingerprint density at radius 1 is 1.57 bits per heavy atom. The van der Waals surface area contributed by atoms with E-state index in [0.717, 1.165) is 6.07 Å². The van der Waals surface area contributed by atoms with Gasteiger partial charge in [-0.1, -0.05) is 6.92 Å². The van der Waals surface area contributed by atoms with E-state index in [-0.39, 0.29) is 17.1 Å². The largest absolute Gasteiger partial charge is 0.494 e. The minimum Gasteiger partial charge on any atom is -0.494 e. The van der Waals surface area contributed by atoms with Crippen LogP contribution in [0.2, 0.25) is 0 Å². The molecule has 0 aliphatic heterocycles. The summed E-state index contributed by atoms with van der Waals surface area (Å²) >= 11 is 0. The predicted molar refractivity (Wildman–Crippen MR) is 74.1 cm³/mol. The summed E-state index contributed by atoms with van der Waals surface area (Å²) in [5.74, 6) is -2.27. The van der Waals surface area contributed by atoms with Gasteiger partial charge in [-0.25, -0.2) is 4.39 Å². The van der Waals surface area contributed by atoms with Crippen LogP contribution in [0.1, 0.15) is 19.8 Å². The number of ether oxygens (including phenoxy) is 1. The number of methoxy groups -OCH3 is 1. The number of carboxylic acids is 1. The molecule has 1 aromatic rings. The number of halogens is 1. The van der Waals surface area contributed by atoms with Gasteiger partial charge in [-0.2, -0.15) is 0 Å². The minimum absolute atomic E-state index is 0.0954. The molecule has 2 N–H and O–H groups in total. The molecular formula is C13H17FN2O5. The lowest BCUT2D eigenvalue weighted by molar-refractivity contribution is -0.384. The summed E-state index contributed by atoms with van der Waals surface area (Å²) in [5, 5.41) is 22.4. The monoisotopic (exact) mass is 300 g/mol. The lowest BCUT2D eigenvalue weighted by Crippen LogP contribution is -2.12. The second-order valence-electron chi connectivity index (χ2n) is 4.57. The number of nitrogens with one attached hydrogen (secondary N) is 1. The summed E-state index contributed by atoms with van der Waals surface area (Å²) in [5.41, 5.74) is -0.249. The molecule has 1 atom stereocenters. The van der Waals surface area contributed by atoms with E-state index < -0.39 is 22.6 Å². The molecular weight excluding hydrogens is 283 g/mol. The van der Waals surface area contributed by atoms with Crippen LogP contribution in [-0.4, -0.2) is 29.7 Å². The Morgan fingerprint density at radius 3 is 2.76 bits per heavy atom. The Morgan fingerprint density at radius 2 is 2.24 bits per heavy atom. The van der Waals surface area contributed by atoms with Crippen molar-refractivity contribution in [1.82, 2.24) is 0 Å². The van der Waals surface area contributed by atoms with Crippen LogP contribution in [0.25, 0.3) is 0 Å². The van der Waals surface area contributed by atoms with E-state index in [9.17, 15) is 19.3 Å². The van der Waals surface area contributed by atoms with Gasteiger partial charge in [0.25, 0.3) is 5.69 Å². The summed E-state index contributed by atoms with van der Waals surface area (Å²) in [6, 6.07) is 2.01. The molecule has 0 radical (unpaired) electrons. The number of carboxylic acid groups (broad SMARTS) is 1. The topological polar surface area (TPSA) is 102 Å². The molecule has 21 heavy (non-hydrogen) atoms. The van der Waals surface area contributed by atoms with Gasteiger partial charge in [0.1, 0.15) is 5.69 Å². The van der Waals surface area contributed by atoms with E-state index in [1.165, 1.54) is 13.2 Å². The van der Waals surface area contributed by atoms with Gasteiger partial charge in [-0.3, -0.25) is 14.9 Å². The highest BCUT2D eigenvalue weighted by Gasteiger charge is 2.19. The molecule has 0 amide bonds. The number of hydrogen-bond donors (Lipinski definition) is 2. The molecule has 0 saturated carbocycles. The van der Waals surface area contributed by atoms with Gasteiger partial charge in [0, 0.05) is 12.6 Å². The zero-order valence-corrected chi connectivity index (χ0v) is 11.8. The van der Waals surface area contributed by atoms with Crippen LogP contribution in [0, 0.1) is 21.8 Å². The minimum atomic E-state index is -0.885. The van der Waals surface area contributed by atoms with Crippen molar-refractivity contribution in [3.8, 4) is 5.75 Å². The number of nitro groups is 1. The van der Waals surface area contributed by atoms with Crippen molar-refractivity contribution in [3.05, 3.63) is 28.1 Å². The van der Waals surface area contributed by atoms with Crippen molar-refractivity contribution in [2.24, 2.45) is 5.92 Å². The van der Waals surface area contributed by atoms with Crippen LogP contribution >= 0.6 is 0 Å². The molecule has 1 unspecified atom stereocenters.